The molecule has 2 aliphatic rings. The Morgan fingerprint density at radius 2 is 0.625 bits per heavy atom. The molecule has 308 valence electrons. The average Bonchev–Trinajstić information content (AvgIpc) is 4.14. The first-order valence-electron chi connectivity index (χ1n) is 20.0. The van der Waals surface area contributed by atoms with Gasteiger partial charge in [-0.15, -0.1) is 0 Å². The molecule has 3 aromatic heterocycles. The summed E-state index contributed by atoms with van der Waals surface area (Å²) in [5.74, 6) is -4.27. The maximum absolute atomic E-state index is 12.0. The van der Waals surface area contributed by atoms with Gasteiger partial charge in [0, 0.05) is 44.1 Å². The molecular formula is C52H32N4O8. The normalized spacial score (nSPS) is 11.8. The summed E-state index contributed by atoms with van der Waals surface area (Å²) in [5.41, 5.74) is 10.7. The van der Waals surface area contributed by atoms with Crippen LogP contribution in [0.25, 0.3) is 102 Å². The molecule has 0 atom stereocenters. The number of carboxylic acid groups (broad SMARTS) is 4. The highest BCUT2D eigenvalue weighted by molar-refractivity contribution is 6.16. The lowest BCUT2D eigenvalue weighted by Crippen LogP contribution is -1.96. The Morgan fingerprint density at radius 1 is 0.344 bits per heavy atom. The standard InChI is InChI=1S/C52H32N4O8/c57-49(58)31-13-5-27(6-14-31)43-37-21-22-38(53-37)44(28-7-15-32(16-8-28)50(59)60)40-24-26-42(55-40)46(30-11-19-34(20-12-30)52(63)64)48-36-4-2-1-3-35(36)47(56-48)45(41-25-23-39(43)54-41)29-9-17-33(18-10-29)51(61)62/h1-26,53,56H,(H,57,58)(H,59,60)(H,61,62)(H,63,64). The Balaban J connectivity index is 1.41. The van der Waals surface area contributed by atoms with E-state index in [0.717, 1.165) is 10.8 Å². The molecule has 5 heterocycles. The van der Waals surface area contributed by atoms with Crippen LogP contribution in [-0.2, 0) is 0 Å². The lowest BCUT2D eigenvalue weighted by atomic mass is 9.99. The smallest absolute Gasteiger partial charge is 0.335 e. The van der Waals surface area contributed by atoms with E-state index in [-0.39, 0.29) is 22.3 Å². The van der Waals surface area contributed by atoms with Gasteiger partial charge in [-0.05, 0) is 107 Å². The van der Waals surface area contributed by atoms with Crippen LogP contribution in [0, 0.1) is 0 Å². The van der Waals surface area contributed by atoms with Crippen LogP contribution in [0.1, 0.15) is 64.2 Å². The minimum Gasteiger partial charge on any atom is -0.478 e. The molecule has 5 aromatic carbocycles. The summed E-state index contributed by atoms with van der Waals surface area (Å²) >= 11 is 0. The van der Waals surface area contributed by atoms with Crippen LogP contribution in [0.5, 0.6) is 0 Å². The minimum absolute atomic E-state index is 0.112. The highest BCUT2D eigenvalue weighted by atomic mass is 16.4. The summed E-state index contributed by atoms with van der Waals surface area (Å²) in [6.45, 7) is 0. The van der Waals surface area contributed by atoms with E-state index in [1.54, 1.807) is 72.8 Å². The number of hydrogen-bond acceptors (Lipinski definition) is 6. The van der Waals surface area contributed by atoms with Crippen LogP contribution in [-0.4, -0.2) is 64.2 Å². The number of nitrogens with one attached hydrogen (secondary N) is 2. The molecule has 0 unspecified atom stereocenters. The van der Waals surface area contributed by atoms with Crippen molar-refractivity contribution in [2.24, 2.45) is 0 Å². The summed E-state index contributed by atoms with van der Waals surface area (Å²) in [7, 11) is 0. The van der Waals surface area contributed by atoms with Crippen molar-refractivity contribution in [1.82, 2.24) is 19.9 Å². The zero-order valence-electron chi connectivity index (χ0n) is 33.3. The van der Waals surface area contributed by atoms with Gasteiger partial charge < -0.3 is 30.4 Å². The first kappa shape index (κ1) is 39.0. The van der Waals surface area contributed by atoms with Crippen molar-refractivity contribution in [1.29, 1.82) is 0 Å². The third kappa shape index (κ3) is 6.77. The molecule has 8 bridgehead atoms. The summed E-state index contributed by atoms with van der Waals surface area (Å²) in [6.07, 6.45) is 7.54. The van der Waals surface area contributed by atoms with Crippen molar-refractivity contribution in [3.05, 3.63) is 178 Å². The number of H-pyrrole nitrogens is 2. The first-order chi connectivity index (χ1) is 31.0. The number of hydrogen-bond donors (Lipinski definition) is 6. The number of benzene rings is 5. The Labute approximate surface area is 362 Å². The molecule has 0 aliphatic carbocycles. The third-order valence-corrected chi connectivity index (χ3v) is 11.4. The Kier molecular flexibility index (Phi) is 9.38. The first-order valence-corrected chi connectivity index (χ1v) is 20.0. The molecule has 12 nitrogen and oxygen atoms in total. The second-order valence-electron chi connectivity index (χ2n) is 15.2. The maximum Gasteiger partial charge on any atom is 0.335 e. The predicted octanol–water partition coefficient (Wildman–Crippen LogP) is 11.3. The van der Waals surface area contributed by atoms with Crippen LogP contribution >= 0.6 is 0 Å². The molecule has 10 rings (SSSR count). The van der Waals surface area contributed by atoms with E-state index in [0.29, 0.717) is 89.4 Å². The van der Waals surface area contributed by atoms with Gasteiger partial charge in [-0.2, -0.15) is 0 Å². The summed E-state index contributed by atoms with van der Waals surface area (Å²) in [6, 6.07) is 37.8. The largest absolute Gasteiger partial charge is 0.478 e. The number of carbonyl (C=O) groups is 4. The van der Waals surface area contributed by atoms with E-state index >= 15 is 0 Å². The van der Waals surface area contributed by atoms with Crippen molar-refractivity contribution < 1.29 is 39.6 Å². The second-order valence-corrected chi connectivity index (χ2v) is 15.2. The highest BCUT2D eigenvalue weighted by Crippen LogP contribution is 2.42. The van der Waals surface area contributed by atoms with Crippen LogP contribution < -0.4 is 0 Å². The number of rotatable bonds is 8. The van der Waals surface area contributed by atoms with Gasteiger partial charge in [0.2, 0.25) is 0 Å². The van der Waals surface area contributed by atoms with Crippen LogP contribution in [0.15, 0.2) is 133 Å². The molecule has 0 amide bonds. The monoisotopic (exact) mass is 840 g/mol. The van der Waals surface area contributed by atoms with E-state index in [2.05, 4.69) is 9.97 Å². The fraction of sp³-hybridized carbons (Fsp3) is 0. The molecule has 0 radical (unpaired) electrons. The van der Waals surface area contributed by atoms with Crippen molar-refractivity contribution in [3.8, 4) is 44.5 Å². The molecule has 0 saturated heterocycles. The van der Waals surface area contributed by atoms with Gasteiger partial charge in [0.25, 0.3) is 0 Å². The number of aromatic carboxylic acids is 4. The minimum atomic E-state index is -1.07. The summed E-state index contributed by atoms with van der Waals surface area (Å²) in [4.78, 5) is 65.7. The Bertz CT molecular complexity index is 3300. The van der Waals surface area contributed by atoms with Gasteiger partial charge in [0.15, 0.2) is 0 Å². The van der Waals surface area contributed by atoms with E-state index in [1.807, 2.05) is 60.7 Å². The number of carboxylic acids is 4. The highest BCUT2D eigenvalue weighted by Gasteiger charge is 2.22. The van der Waals surface area contributed by atoms with Crippen molar-refractivity contribution >= 4 is 81.0 Å². The zero-order chi connectivity index (χ0) is 44.2. The van der Waals surface area contributed by atoms with E-state index < -0.39 is 23.9 Å². The van der Waals surface area contributed by atoms with E-state index in [9.17, 15) is 39.6 Å². The lowest BCUT2D eigenvalue weighted by molar-refractivity contribution is 0.0686. The van der Waals surface area contributed by atoms with Gasteiger partial charge in [-0.3, -0.25) is 0 Å². The van der Waals surface area contributed by atoms with Crippen molar-refractivity contribution in [3.63, 3.8) is 0 Å². The number of aromatic amines is 2. The van der Waals surface area contributed by atoms with E-state index in [1.165, 1.54) is 24.3 Å². The molecule has 6 N–H and O–H groups in total. The zero-order valence-corrected chi connectivity index (χ0v) is 33.3. The van der Waals surface area contributed by atoms with Gasteiger partial charge in [-0.25, -0.2) is 29.1 Å². The van der Waals surface area contributed by atoms with Crippen molar-refractivity contribution in [2.45, 2.75) is 0 Å². The average molecular weight is 841 g/mol. The Hall–Kier alpha value is -9.16. The van der Waals surface area contributed by atoms with Gasteiger partial charge in [0.05, 0.1) is 56.1 Å². The molecule has 0 spiro atoms. The molecule has 2 aliphatic heterocycles. The molecule has 0 saturated carbocycles. The van der Waals surface area contributed by atoms with Crippen LogP contribution in [0.2, 0.25) is 0 Å². The third-order valence-electron chi connectivity index (χ3n) is 11.4. The molecule has 64 heavy (non-hydrogen) atoms. The van der Waals surface area contributed by atoms with Crippen LogP contribution in [0.3, 0.4) is 0 Å². The maximum atomic E-state index is 12.0. The van der Waals surface area contributed by atoms with Gasteiger partial charge in [0.1, 0.15) is 0 Å². The second kappa shape index (κ2) is 15.4. The molecular weight excluding hydrogens is 809 g/mol. The summed E-state index contributed by atoms with van der Waals surface area (Å²) < 4.78 is 0. The SMILES string of the molecule is O=C(O)c1ccc(-c2c3nc(c(-c4ccc(C(=O)O)cc4)c4[nH]c(c(-c5ccc(C(=O)O)cc5)c5nc(c(-c6ccc(C(=O)O)cc6)c6ccc2[nH]6)C=C5)c2ccccc42)C=C3)cc1. The lowest BCUT2D eigenvalue weighted by Gasteiger charge is -2.08. The molecule has 12 heteroatoms. The molecule has 8 aromatic rings. The van der Waals surface area contributed by atoms with Crippen molar-refractivity contribution in [2.75, 3.05) is 0 Å². The topological polar surface area (TPSA) is 207 Å². The van der Waals surface area contributed by atoms with Crippen LogP contribution in [0.4, 0.5) is 0 Å². The number of fused-ring (bicyclic) bond motifs is 11. The quantitative estimate of drug-likeness (QED) is 0.0853. The fourth-order valence-corrected chi connectivity index (χ4v) is 8.38. The summed E-state index contributed by atoms with van der Waals surface area (Å²) in [5, 5.41) is 40.8. The predicted molar refractivity (Wildman–Crippen MR) is 246 cm³/mol. The van der Waals surface area contributed by atoms with E-state index in [4.69, 9.17) is 9.97 Å². The molecule has 0 fully saturated rings. The number of aromatic nitrogens is 4. The van der Waals surface area contributed by atoms with Gasteiger partial charge in [-0.1, -0.05) is 72.8 Å². The number of nitrogens with zero attached hydrogens (tertiary/aromatic N) is 2. The Morgan fingerprint density at radius 3 is 0.922 bits per heavy atom. The fourth-order valence-electron chi connectivity index (χ4n) is 8.38. The van der Waals surface area contributed by atoms with Gasteiger partial charge >= 0.3 is 23.9 Å².